The number of thiazole rings is 1. The van der Waals surface area contributed by atoms with Crippen LogP contribution in [0.1, 0.15) is 48.0 Å². The van der Waals surface area contributed by atoms with Crippen molar-refractivity contribution in [2.75, 3.05) is 16.8 Å². The van der Waals surface area contributed by atoms with E-state index in [2.05, 4.69) is 16.8 Å². The third-order valence-corrected chi connectivity index (χ3v) is 6.82. The Hall–Kier alpha value is -2.73. The van der Waals surface area contributed by atoms with Crippen LogP contribution in [0.3, 0.4) is 0 Å². The summed E-state index contributed by atoms with van der Waals surface area (Å²) in [5, 5.41) is 6.69. The van der Waals surface area contributed by atoms with E-state index in [0.29, 0.717) is 18.2 Å². The lowest BCUT2D eigenvalue weighted by Crippen LogP contribution is -2.28. The van der Waals surface area contributed by atoms with Crippen LogP contribution in [0, 0.1) is 5.82 Å². The van der Waals surface area contributed by atoms with Gasteiger partial charge in [-0.1, -0.05) is 25.3 Å². The zero-order valence-corrected chi connectivity index (χ0v) is 17.6. The van der Waals surface area contributed by atoms with Gasteiger partial charge in [-0.2, -0.15) is 0 Å². The number of carbonyl (C=O) groups excluding carboxylic acids is 1. The predicted molar refractivity (Wildman–Crippen MR) is 120 cm³/mol. The highest BCUT2D eigenvalue weighted by atomic mass is 32.1. The molecule has 0 spiro atoms. The van der Waals surface area contributed by atoms with E-state index in [4.69, 9.17) is 4.98 Å². The van der Waals surface area contributed by atoms with E-state index < -0.39 is 0 Å². The van der Waals surface area contributed by atoms with Crippen LogP contribution in [0.15, 0.2) is 47.8 Å². The smallest absolute Gasteiger partial charge is 0.258 e. The van der Waals surface area contributed by atoms with E-state index in [-0.39, 0.29) is 11.7 Å². The minimum absolute atomic E-state index is 0.0888. The second-order valence-corrected chi connectivity index (χ2v) is 8.93. The molecule has 2 heterocycles. The number of rotatable bonds is 4. The number of carbonyl (C=O) groups is 1. The topological polar surface area (TPSA) is 45.2 Å². The van der Waals surface area contributed by atoms with E-state index in [0.717, 1.165) is 34.1 Å². The molecule has 1 N–H and O–H groups in total. The molecule has 1 aromatic heterocycles. The summed E-state index contributed by atoms with van der Waals surface area (Å²) in [6.07, 6.45) is 7.21. The van der Waals surface area contributed by atoms with Gasteiger partial charge in [-0.25, -0.2) is 9.37 Å². The Morgan fingerprint density at radius 2 is 1.90 bits per heavy atom. The van der Waals surface area contributed by atoms with Crippen molar-refractivity contribution in [3.63, 3.8) is 0 Å². The molecule has 0 saturated heterocycles. The first-order valence-corrected chi connectivity index (χ1v) is 11.5. The molecule has 5 rings (SSSR count). The lowest BCUT2D eigenvalue weighted by Gasteiger charge is -2.22. The van der Waals surface area contributed by atoms with Crippen LogP contribution in [-0.2, 0) is 6.42 Å². The molecule has 30 heavy (non-hydrogen) atoms. The van der Waals surface area contributed by atoms with Crippen molar-refractivity contribution in [2.45, 2.75) is 44.6 Å². The average Bonchev–Trinajstić information content (AvgIpc) is 3.41. The normalized spacial score (nSPS) is 16.5. The summed E-state index contributed by atoms with van der Waals surface area (Å²) < 4.78 is 13.2. The van der Waals surface area contributed by atoms with E-state index in [9.17, 15) is 9.18 Å². The van der Waals surface area contributed by atoms with Crippen LogP contribution in [0.2, 0.25) is 0 Å². The van der Waals surface area contributed by atoms with Crippen LogP contribution in [-0.4, -0.2) is 23.5 Å². The zero-order valence-electron chi connectivity index (χ0n) is 16.7. The summed E-state index contributed by atoms with van der Waals surface area (Å²) in [4.78, 5) is 19.4. The van der Waals surface area contributed by atoms with Crippen molar-refractivity contribution < 1.29 is 9.18 Å². The van der Waals surface area contributed by atoms with Gasteiger partial charge in [0.15, 0.2) is 5.13 Å². The molecule has 0 unspecified atom stereocenters. The highest BCUT2D eigenvalue weighted by Gasteiger charge is 2.26. The standard InChI is InChI=1S/C24H24FN3OS/c25-19-9-6-16(7-10-19)23(29)28-13-12-18-14-17(8-11-22(18)28)21-15-30-24(27-21)26-20-4-2-1-3-5-20/h6-11,14-15,20H,1-5,12-13H2,(H,26,27). The first-order valence-electron chi connectivity index (χ1n) is 10.6. The zero-order chi connectivity index (χ0) is 20.5. The molecule has 2 aromatic carbocycles. The predicted octanol–water partition coefficient (Wildman–Crippen LogP) is 5.90. The third kappa shape index (κ3) is 3.84. The average molecular weight is 422 g/mol. The summed E-state index contributed by atoms with van der Waals surface area (Å²) in [5.41, 5.74) is 4.65. The van der Waals surface area contributed by atoms with Gasteiger partial charge < -0.3 is 10.2 Å². The first-order chi connectivity index (χ1) is 14.7. The molecule has 6 heteroatoms. The van der Waals surface area contributed by atoms with Crippen LogP contribution < -0.4 is 10.2 Å². The Kier molecular flexibility index (Phi) is 5.25. The molecule has 2 aliphatic rings. The van der Waals surface area contributed by atoms with E-state index in [1.807, 2.05) is 12.1 Å². The molecule has 3 aromatic rings. The maximum absolute atomic E-state index is 13.2. The van der Waals surface area contributed by atoms with Crippen LogP contribution in [0.4, 0.5) is 15.2 Å². The summed E-state index contributed by atoms with van der Waals surface area (Å²) in [7, 11) is 0. The van der Waals surface area contributed by atoms with Gasteiger partial charge in [0.2, 0.25) is 0 Å². The summed E-state index contributed by atoms with van der Waals surface area (Å²) >= 11 is 1.66. The van der Waals surface area contributed by atoms with Crippen molar-refractivity contribution in [3.05, 3.63) is 64.8 Å². The number of nitrogens with zero attached hydrogens (tertiary/aromatic N) is 2. The lowest BCUT2D eigenvalue weighted by atomic mass is 9.96. The molecule has 1 aliphatic carbocycles. The van der Waals surface area contributed by atoms with E-state index in [1.165, 1.54) is 44.2 Å². The number of hydrogen-bond donors (Lipinski definition) is 1. The summed E-state index contributed by atoms with van der Waals surface area (Å²) in [6, 6.07) is 12.5. The van der Waals surface area contributed by atoms with Gasteiger partial charge in [0.1, 0.15) is 5.82 Å². The molecule has 0 radical (unpaired) electrons. The number of aromatic nitrogens is 1. The summed E-state index contributed by atoms with van der Waals surface area (Å²) in [5.74, 6) is -0.423. The van der Waals surface area contributed by atoms with Crippen LogP contribution >= 0.6 is 11.3 Å². The molecule has 1 fully saturated rings. The first kappa shape index (κ1) is 19.2. The van der Waals surface area contributed by atoms with Gasteiger partial charge >= 0.3 is 0 Å². The Bertz CT molecular complexity index is 1060. The minimum atomic E-state index is -0.335. The van der Waals surface area contributed by atoms with Gasteiger partial charge in [-0.05, 0) is 61.2 Å². The van der Waals surface area contributed by atoms with Crippen molar-refractivity contribution >= 4 is 28.1 Å². The number of halogens is 1. The molecular weight excluding hydrogens is 397 g/mol. The number of amides is 1. The van der Waals surface area contributed by atoms with Crippen LogP contribution in [0.25, 0.3) is 11.3 Å². The maximum atomic E-state index is 13.2. The fourth-order valence-electron chi connectivity index (χ4n) is 4.41. The molecule has 0 bridgehead atoms. The molecular formula is C24H24FN3OS. The fraction of sp³-hybridized carbons (Fsp3) is 0.333. The highest BCUT2D eigenvalue weighted by Crippen LogP contribution is 2.34. The Balaban J connectivity index is 1.33. The SMILES string of the molecule is O=C(c1ccc(F)cc1)N1CCc2cc(-c3csc(NC4CCCCC4)n3)ccc21. The second kappa shape index (κ2) is 8.19. The number of benzene rings is 2. The van der Waals surface area contributed by atoms with E-state index in [1.54, 1.807) is 28.4 Å². The number of hydrogen-bond acceptors (Lipinski definition) is 4. The van der Waals surface area contributed by atoms with E-state index >= 15 is 0 Å². The van der Waals surface area contributed by atoms with Gasteiger partial charge in [0.05, 0.1) is 5.69 Å². The van der Waals surface area contributed by atoms with Crippen LogP contribution in [0.5, 0.6) is 0 Å². The molecule has 4 nitrogen and oxygen atoms in total. The van der Waals surface area contributed by atoms with Crippen molar-refractivity contribution in [3.8, 4) is 11.3 Å². The quantitative estimate of drug-likeness (QED) is 0.571. The number of fused-ring (bicyclic) bond motifs is 1. The molecule has 1 amide bonds. The van der Waals surface area contributed by atoms with Gasteiger partial charge in [0, 0.05) is 34.8 Å². The van der Waals surface area contributed by atoms with Crippen molar-refractivity contribution in [1.82, 2.24) is 4.98 Å². The van der Waals surface area contributed by atoms with Gasteiger partial charge in [0.25, 0.3) is 5.91 Å². The maximum Gasteiger partial charge on any atom is 0.258 e. The Labute approximate surface area is 179 Å². The number of nitrogens with one attached hydrogen (secondary N) is 1. The largest absolute Gasteiger partial charge is 0.359 e. The Morgan fingerprint density at radius 1 is 1.10 bits per heavy atom. The van der Waals surface area contributed by atoms with Gasteiger partial charge in [-0.3, -0.25) is 4.79 Å². The third-order valence-electron chi connectivity index (χ3n) is 6.04. The highest BCUT2D eigenvalue weighted by molar-refractivity contribution is 7.14. The second-order valence-electron chi connectivity index (χ2n) is 8.07. The lowest BCUT2D eigenvalue weighted by molar-refractivity contribution is 0.0989. The monoisotopic (exact) mass is 421 g/mol. The van der Waals surface area contributed by atoms with Gasteiger partial charge in [-0.15, -0.1) is 11.3 Å². The fourth-order valence-corrected chi connectivity index (χ4v) is 5.21. The molecule has 1 saturated carbocycles. The molecule has 154 valence electrons. The van der Waals surface area contributed by atoms with Crippen molar-refractivity contribution in [1.29, 1.82) is 0 Å². The number of anilines is 2. The minimum Gasteiger partial charge on any atom is -0.359 e. The molecule has 1 aliphatic heterocycles. The van der Waals surface area contributed by atoms with Crippen molar-refractivity contribution in [2.24, 2.45) is 0 Å². The summed E-state index contributed by atoms with van der Waals surface area (Å²) in [6.45, 7) is 0.639. The Morgan fingerprint density at radius 3 is 2.70 bits per heavy atom. The molecule has 0 atom stereocenters.